The van der Waals surface area contributed by atoms with Gasteiger partial charge in [0.1, 0.15) is 73.2 Å². The number of aliphatic hydroxyl groups excluding tert-OH is 11. The van der Waals surface area contributed by atoms with Gasteiger partial charge < -0.3 is 89.9 Å². The fraction of sp³-hybridized carbons (Fsp3) is 0.986. The minimum Gasteiger partial charge on any atom is -0.394 e. The van der Waals surface area contributed by atoms with E-state index >= 15 is 0 Å². The molecule has 17 unspecified atom stereocenters. The van der Waals surface area contributed by atoms with Crippen LogP contribution in [0.4, 0.5) is 0 Å². The maximum absolute atomic E-state index is 13.4. The molecule has 0 aromatic carbocycles. The first-order chi connectivity index (χ1) is 43.8. The zero-order valence-corrected chi connectivity index (χ0v) is 56.7. The van der Waals surface area contributed by atoms with Crippen LogP contribution in [0.25, 0.3) is 0 Å². The number of hydrogen-bond donors (Lipinski definition) is 12. The molecule has 0 bridgehead atoms. The molecule has 3 aliphatic rings. The van der Waals surface area contributed by atoms with E-state index in [1.807, 2.05) is 0 Å². The number of amides is 1. The van der Waals surface area contributed by atoms with Crippen LogP contribution in [-0.4, -0.2) is 193 Å². The second-order valence-electron chi connectivity index (χ2n) is 27.1. The molecular weight excluding hydrogens is 1150 g/mol. The summed E-state index contributed by atoms with van der Waals surface area (Å²) in [6.45, 7) is 1.83. The van der Waals surface area contributed by atoms with Gasteiger partial charge in [-0.1, -0.05) is 296 Å². The van der Waals surface area contributed by atoms with Gasteiger partial charge in [0.25, 0.3) is 0 Å². The van der Waals surface area contributed by atoms with Crippen molar-refractivity contribution in [2.24, 2.45) is 0 Å². The Morgan fingerprint density at radius 2 is 0.633 bits per heavy atom. The molecule has 534 valence electrons. The first-order valence-corrected chi connectivity index (χ1v) is 37.3. The predicted molar refractivity (Wildman–Crippen MR) is 351 cm³/mol. The Balaban J connectivity index is 1.32. The highest BCUT2D eigenvalue weighted by atomic mass is 16.8. The van der Waals surface area contributed by atoms with Crippen LogP contribution in [0.1, 0.15) is 316 Å². The van der Waals surface area contributed by atoms with Crippen LogP contribution in [0.15, 0.2) is 0 Å². The van der Waals surface area contributed by atoms with Gasteiger partial charge in [-0.05, 0) is 12.8 Å². The summed E-state index contributed by atoms with van der Waals surface area (Å²) in [5.74, 6) is -0.236. The minimum atomic E-state index is -1.97. The number of rotatable bonds is 59. The smallest absolute Gasteiger partial charge is 0.220 e. The lowest BCUT2D eigenvalue weighted by molar-refractivity contribution is -0.379. The number of nitrogens with one attached hydrogen (secondary N) is 1. The van der Waals surface area contributed by atoms with Gasteiger partial charge >= 0.3 is 0 Å². The summed E-state index contributed by atoms with van der Waals surface area (Å²) in [7, 11) is 0. The molecule has 0 saturated carbocycles. The monoisotopic (exact) mass is 1290 g/mol. The number of unbranched alkanes of at least 4 members (excludes halogenated alkanes) is 43. The molecule has 3 heterocycles. The fourth-order valence-corrected chi connectivity index (χ4v) is 13.1. The van der Waals surface area contributed by atoms with Crippen LogP contribution in [0.5, 0.6) is 0 Å². The highest BCUT2D eigenvalue weighted by Gasteiger charge is 2.53. The van der Waals surface area contributed by atoms with E-state index in [9.17, 15) is 61.0 Å². The highest BCUT2D eigenvalue weighted by molar-refractivity contribution is 5.76. The average Bonchev–Trinajstić information content (AvgIpc) is 0.864. The lowest BCUT2D eigenvalue weighted by Crippen LogP contribution is -2.66. The first-order valence-electron chi connectivity index (χ1n) is 37.3. The van der Waals surface area contributed by atoms with Gasteiger partial charge in [-0.3, -0.25) is 4.79 Å². The largest absolute Gasteiger partial charge is 0.394 e. The molecule has 19 heteroatoms. The van der Waals surface area contributed by atoms with Crippen LogP contribution in [0.2, 0.25) is 0 Å². The third-order valence-electron chi connectivity index (χ3n) is 19.2. The molecular formula is C71H137NO18. The molecule has 1 amide bonds. The van der Waals surface area contributed by atoms with Gasteiger partial charge in [-0.15, -0.1) is 0 Å². The summed E-state index contributed by atoms with van der Waals surface area (Å²) in [5.41, 5.74) is 0. The zero-order valence-electron chi connectivity index (χ0n) is 56.7. The van der Waals surface area contributed by atoms with Gasteiger partial charge in [-0.2, -0.15) is 0 Å². The van der Waals surface area contributed by atoms with Crippen LogP contribution >= 0.6 is 0 Å². The number of ether oxygens (including phenoxy) is 6. The molecule has 3 rings (SSSR count). The fourth-order valence-electron chi connectivity index (χ4n) is 13.1. The lowest BCUT2D eigenvalue weighted by Gasteiger charge is -2.48. The summed E-state index contributed by atoms with van der Waals surface area (Å²) < 4.78 is 34.4. The van der Waals surface area contributed by atoms with Gasteiger partial charge in [0, 0.05) is 6.42 Å². The van der Waals surface area contributed by atoms with Crippen molar-refractivity contribution in [2.75, 3.05) is 26.4 Å². The molecule has 0 radical (unpaired) electrons. The second kappa shape index (κ2) is 53.9. The van der Waals surface area contributed by atoms with Crippen molar-refractivity contribution in [1.82, 2.24) is 5.32 Å². The summed E-state index contributed by atoms with van der Waals surface area (Å²) in [4.78, 5) is 13.4. The molecule has 0 spiro atoms. The van der Waals surface area contributed by atoms with Crippen molar-refractivity contribution in [3.8, 4) is 0 Å². The Labute approximate surface area is 544 Å². The van der Waals surface area contributed by atoms with Crippen molar-refractivity contribution in [2.45, 2.75) is 420 Å². The summed E-state index contributed by atoms with van der Waals surface area (Å²) in [5, 5.41) is 121. The Morgan fingerprint density at radius 3 is 0.967 bits per heavy atom. The normalized spacial score (nSPS) is 27.9. The van der Waals surface area contributed by atoms with Gasteiger partial charge in [0.15, 0.2) is 18.9 Å². The Hall–Kier alpha value is -1.21. The van der Waals surface area contributed by atoms with Crippen molar-refractivity contribution < 1.29 is 89.4 Å². The first kappa shape index (κ1) is 83.0. The van der Waals surface area contributed by atoms with E-state index in [4.69, 9.17) is 28.4 Å². The van der Waals surface area contributed by atoms with Crippen molar-refractivity contribution in [1.29, 1.82) is 0 Å². The van der Waals surface area contributed by atoms with E-state index < -0.39 is 124 Å². The third-order valence-corrected chi connectivity index (χ3v) is 19.2. The third kappa shape index (κ3) is 35.2. The van der Waals surface area contributed by atoms with Gasteiger partial charge in [-0.25, -0.2) is 0 Å². The number of aliphatic hydroxyl groups is 11. The molecule has 19 nitrogen and oxygen atoms in total. The number of hydrogen-bond acceptors (Lipinski definition) is 18. The maximum Gasteiger partial charge on any atom is 0.220 e. The Bertz CT molecular complexity index is 1640. The van der Waals surface area contributed by atoms with E-state index in [1.54, 1.807) is 0 Å². The topological polar surface area (TPSA) is 307 Å². The Morgan fingerprint density at radius 1 is 0.356 bits per heavy atom. The predicted octanol–water partition coefficient (Wildman–Crippen LogP) is 10.7. The second-order valence-corrected chi connectivity index (χ2v) is 27.1. The molecule has 90 heavy (non-hydrogen) atoms. The molecule has 12 N–H and O–H groups in total. The number of carbonyl (C=O) groups is 1. The minimum absolute atomic E-state index is 0.236. The van der Waals surface area contributed by atoms with E-state index in [2.05, 4.69) is 19.2 Å². The van der Waals surface area contributed by atoms with Crippen molar-refractivity contribution >= 4 is 5.91 Å². The van der Waals surface area contributed by atoms with E-state index in [0.29, 0.717) is 12.8 Å². The van der Waals surface area contributed by atoms with E-state index in [1.165, 1.54) is 238 Å². The zero-order chi connectivity index (χ0) is 65.4. The van der Waals surface area contributed by atoms with Crippen LogP contribution in [0.3, 0.4) is 0 Å². The summed E-state index contributed by atoms with van der Waals surface area (Å²) >= 11 is 0. The molecule has 17 atom stereocenters. The molecule has 0 aromatic rings. The van der Waals surface area contributed by atoms with Crippen LogP contribution in [0, 0.1) is 0 Å². The molecule has 3 aliphatic heterocycles. The maximum atomic E-state index is 13.4. The van der Waals surface area contributed by atoms with Gasteiger partial charge in [0.05, 0.1) is 38.6 Å². The molecule has 0 aliphatic carbocycles. The highest BCUT2D eigenvalue weighted by Crippen LogP contribution is 2.33. The van der Waals surface area contributed by atoms with E-state index in [0.717, 1.165) is 44.9 Å². The lowest BCUT2D eigenvalue weighted by atomic mass is 9.96. The quantitative estimate of drug-likeness (QED) is 0.0252. The Kier molecular flexibility index (Phi) is 49.7. The average molecular weight is 1290 g/mol. The summed E-state index contributed by atoms with van der Waals surface area (Å²) in [6, 6.07) is -0.881. The molecule has 3 fully saturated rings. The van der Waals surface area contributed by atoms with E-state index in [-0.39, 0.29) is 18.9 Å². The molecule has 0 aromatic heterocycles. The van der Waals surface area contributed by atoms with Crippen LogP contribution in [-0.2, 0) is 33.2 Å². The molecule has 3 saturated heterocycles. The number of carbonyl (C=O) groups excluding carboxylic acids is 1. The van der Waals surface area contributed by atoms with Crippen LogP contribution < -0.4 is 5.32 Å². The SMILES string of the molecule is CCCCCCCCCCCCCCCCCCCCCCCCCCCCCCCCCCCC(=O)NC(COC1OC(CO)C(OC2OC(CO)C(OC3OC(CO)C(O)C(O)C3O)C(O)C2O)C(O)C1O)C(O)CCCCCCCCCCCCCC. The summed E-state index contributed by atoms with van der Waals surface area (Å²) in [6.07, 6.45) is 32.2. The standard InChI is InChI=1S/C71H137NO18/c1-3-5-7-9-11-13-15-17-18-19-20-21-22-23-24-25-26-27-28-29-30-31-32-33-34-35-36-37-39-41-43-45-47-49-59(77)72-54(55(76)48-46-44-42-40-38-16-14-12-10-8-6-4-2)53-85-69-65(83)62(80)67(57(51-74)87-69)90-71-66(84)63(81)68(58(52-75)88-71)89-70-64(82)61(79)60(78)56(50-73)86-70/h54-58,60-71,73-76,78-84H,3-53H2,1-2H3,(H,72,77). The van der Waals surface area contributed by atoms with Crippen molar-refractivity contribution in [3.05, 3.63) is 0 Å². The van der Waals surface area contributed by atoms with Crippen molar-refractivity contribution in [3.63, 3.8) is 0 Å². The van der Waals surface area contributed by atoms with Gasteiger partial charge in [0.2, 0.25) is 5.91 Å².